The summed E-state index contributed by atoms with van der Waals surface area (Å²) in [4.78, 5) is 13.5. The second kappa shape index (κ2) is 20.6. The number of benzene rings is 3. The van der Waals surface area contributed by atoms with E-state index in [1.54, 1.807) is 12.1 Å². The molecule has 0 saturated carbocycles. The number of allylic oxidation sites excluding steroid dienone is 8. The van der Waals surface area contributed by atoms with Crippen molar-refractivity contribution < 1.29 is 61.3 Å². The first kappa shape index (κ1) is 53.7. The number of anilines is 1. The largest absolute Gasteiger partial charge is 0.347 e. The van der Waals surface area contributed by atoms with E-state index in [1.807, 2.05) is 75.6 Å². The molecule has 0 bridgehead atoms. The van der Waals surface area contributed by atoms with Gasteiger partial charge < -0.3 is 4.90 Å². The fourth-order valence-electron chi connectivity index (χ4n) is 10.2. The van der Waals surface area contributed by atoms with Gasteiger partial charge in [0, 0.05) is 53.9 Å². The number of ketones is 1. The van der Waals surface area contributed by atoms with Crippen LogP contribution < -0.4 is 4.90 Å². The van der Waals surface area contributed by atoms with Gasteiger partial charge in [0.1, 0.15) is 12.8 Å². The zero-order valence-electron chi connectivity index (χ0n) is 39.8. The molecule has 3 aromatic rings. The van der Waals surface area contributed by atoms with Gasteiger partial charge in [-0.05, 0) is 148 Å². The van der Waals surface area contributed by atoms with E-state index < -0.39 is 62.8 Å². The Kier molecular flexibility index (Phi) is 16.1. The number of Topliss-reactive ketones (excluding diaryl/α,β-unsaturated/α-hetero) is 1. The molecule has 15 nitrogen and oxygen atoms in total. The standard InChI is InChI=1S/C50H62N2O13S4/c1-34(2)45(53)15-8-7-12-35-16-18-38(19-17-35)48-36(20-26-46-49(3,28-10-30-66(54,55)56)41-32-39(68(60,61)62)22-24-43(41)51(46)5)13-9-14-37(48)21-27-47-50(4,29-11-31-67(57,58)59)42-33-40(69(63,64)65)23-25-44(42)52(47)6/h16-27,32-34H,7-15,28-31H2,1-6H3,(H3-,54,55,56,57,58,59,60,61,62,63,64,65)/p+1. The van der Waals surface area contributed by atoms with Crippen LogP contribution in [0.25, 0.3) is 5.57 Å². The summed E-state index contributed by atoms with van der Waals surface area (Å²) in [6.07, 6.45) is 13.5. The Morgan fingerprint density at radius 2 is 1.30 bits per heavy atom. The minimum atomic E-state index is -4.59. The van der Waals surface area contributed by atoms with Crippen molar-refractivity contribution in [2.24, 2.45) is 5.92 Å². The molecule has 374 valence electrons. The first-order chi connectivity index (χ1) is 32.0. The van der Waals surface area contributed by atoms with Gasteiger partial charge >= 0.3 is 0 Å². The number of fused-ring (bicyclic) bond motifs is 2. The van der Waals surface area contributed by atoms with Crippen LogP contribution in [-0.2, 0) is 62.5 Å². The molecule has 3 aromatic carbocycles. The fourth-order valence-corrected chi connectivity index (χ4v) is 12.2. The van der Waals surface area contributed by atoms with Gasteiger partial charge in [0.05, 0.1) is 26.7 Å². The minimum absolute atomic E-state index is 0.00472. The molecule has 0 saturated heterocycles. The molecule has 0 aromatic heterocycles. The van der Waals surface area contributed by atoms with Crippen LogP contribution >= 0.6 is 0 Å². The average Bonchev–Trinajstić information content (AvgIpc) is 3.59. The van der Waals surface area contributed by atoms with Crippen molar-refractivity contribution in [3.05, 3.63) is 124 Å². The van der Waals surface area contributed by atoms with Gasteiger partial charge in [-0.2, -0.15) is 38.2 Å². The number of carbonyl (C=O) groups is 1. The second-order valence-corrected chi connectivity index (χ2v) is 25.1. The molecule has 0 amide bonds. The van der Waals surface area contributed by atoms with E-state index in [1.165, 1.54) is 24.3 Å². The number of hydrogen-bond acceptors (Lipinski definition) is 10. The Bertz CT molecular complexity index is 3130. The highest BCUT2D eigenvalue weighted by atomic mass is 32.2. The molecular formula is C50H63N2O13S4+. The van der Waals surface area contributed by atoms with Gasteiger partial charge in [-0.1, -0.05) is 50.3 Å². The van der Waals surface area contributed by atoms with Crippen LogP contribution in [0.1, 0.15) is 114 Å². The van der Waals surface area contributed by atoms with Crippen LogP contribution in [0.3, 0.4) is 0 Å². The summed E-state index contributed by atoms with van der Waals surface area (Å²) in [6.45, 7) is 7.56. The van der Waals surface area contributed by atoms with Gasteiger partial charge in [-0.3, -0.25) is 23.0 Å². The predicted molar refractivity (Wildman–Crippen MR) is 268 cm³/mol. The van der Waals surface area contributed by atoms with Gasteiger partial charge in [-0.15, -0.1) is 0 Å². The first-order valence-electron chi connectivity index (χ1n) is 23.0. The molecule has 2 unspecified atom stereocenters. The lowest BCUT2D eigenvalue weighted by molar-refractivity contribution is -0.401. The van der Waals surface area contributed by atoms with Gasteiger partial charge in [0.2, 0.25) is 5.69 Å². The van der Waals surface area contributed by atoms with Crippen LogP contribution in [0.5, 0.6) is 0 Å². The maximum Gasteiger partial charge on any atom is 0.294 e. The highest BCUT2D eigenvalue weighted by molar-refractivity contribution is 7.86. The predicted octanol–water partition coefficient (Wildman–Crippen LogP) is 8.85. The van der Waals surface area contributed by atoms with E-state index >= 15 is 0 Å². The normalized spacial score (nSPS) is 21.3. The Morgan fingerprint density at radius 1 is 0.725 bits per heavy atom. The Morgan fingerprint density at radius 3 is 1.88 bits per heavy atom. The number of hydrogen-bond donors (Lipinski definition) is 4. The highest BCUT2D eigenvalue weighted by Crippen LogP contribution is 2.51. The summed E-state index contributed by atoms with van der Waals surface area (Å²) in [7, 11) is -14.1. The molecule has 4 N–H and O–H groups in total. The first-order valence-corrected chi connectivity index (χ1v) is 29.1. The second-order valence-electron chi connectivity index (χ2n) is 19.1. The van der Waals surface area contributed by atoms with Crippen LogP contribution in [0, 0.1) is 5.92 Å². The third kappa shape index (κ3) is 12.5. The van der Waals surface area contributed by atoms with Crippen LogP contribution in [0.4, 0.5) is 11.4 Å². The number of aryl methyl sites for hydroxylation is 1. The molecule has 2 heterocycles. The van der Waals surface area contributed by atoms with Gasteiger partial charge in [0.15, 0.2) is 5.71 Å². The summed E-state index contributed by atoms with van der Waals surface area (Å²) in [6, 6.07) is 16.9. The fraction of sp³-hybridized carbons (Fsp3) is 0.440. The van der Waals surface area contributed by atoms with E-state index in [9.17, 15) is 56.7 Å². The summed E-state index contributed by atoms with van der Waals surface area (Å²) in [5, 5.41) is 0. The molecular weight excluding hydrogens is 965 g/mol. The third-order valence-corrected chi connectivity index (χ3v) is 17.2. The van der Waals surface area contributed by atoms with E-state index in [-0.39, 0.29) is 47.2 Å². The maximum absolute atomic E-state index is 12.3. The van der Waals surface area contributed by atoms with Crippen molar-refractivity contribution in [1.82, 2.24) is 0 Å². The van der Waals surface area contributed by atoms with E-state index in [2.05, 4.69) is 24.3 Å². The molecule has 0 fully saturated rings. The molecule has 3 aliphatic rings. The zero-order valence-corrected chi connectivity index (χ0v) is 43.1. The van der Waals surface area contributed by atoms with Crippen molar-refractivity contribution in [2.75, 3.05) is 30.5 Å². The summed E-state index contributed by atoms with van der Waals surface area (Å²) < 4.78 is 138. The maximum atomic E-state index is 12.3. The van der Waals surface area contributed by atoms with Crippen LogP contribution in [0.15, 0.2) is 112 Å². The van der Waals surface area contributed by atoms with E-state index in [0.29, 0.717) is 41.8 Å². The number of rotatable bonds is 20. The monoisotopic (exact) mass is 1030 g/mol. The Hall–Kier alpha value is -4.60. The number of unbranched alkanes of at least 4 members (excludes halogenated alkanes) is 1. The lowest BCUT2D eigenvalue weighted by Crippen LogP contribution is -2.31. The highest BCUT2D eigenvalue weighted by Gasteiger charge is 2.47. The summed E-state index contributed by atoms with van der Waals surface area (Å²) in [5.41, 5.74) is 6.93. The molecule has 1 aliphatic carbocycles. The molecule has 0 radical (unpaired) electrons. The van der Waals surface area contributed by atoms with Crippen molar-refractivity contribution in [3.63, 3.8) is 0 Å². The molecule has 2 aliphatic heterocycles. The SMILES string of the molecule is CC(C)C(=O)CCCCc1ccc(C2=C(/C=C/C3=[N+](C)c4ccc(S(=O)(=O)O)cc4C3(C)CCCS(=O)(=O)O)CCC/C2=C\C=C2\N(C)c3ccc(S(=O)(=O)O)cc3C2(C)CCCS(=O)(=O)O)cc1. The van der Waals surface area contributed by atoms with E-state index in [0.717, 1.165) is 64.9 Å². The number of likely N-dealkylation sites (N-methyl/N-ethyl adjacent to an activating group) is 1. The smallest absolute Gasteiger partial charge is 0.294 e. The molecule has 0 spiro atoms. The lowest BCUT2D eigenvalue weighted by Gasteiger charge is -2.29. The molecule has 6 rings (SSSR count). The molecule has 19 heteroatoms. The third-order valence-electron chi connectivity index (χ3n) is 13.9. The van der Waals surface area contributed by atoms with E-state index in [4.69, 9.17) is 0 Å². The van der Waals surface area contributed by atoms with Crippen molar-refractivity contribution in [2.45, 2.75) is 119 Å². The Labute approximate surface area is 407 Å². The van der Waals surface area contributed by atoms with Crippen molar-refractivity contribution in [3.8, 4) is 0 Å². The van der Waals surface area contributed by atoms with Gasteiger partial charge in [0.25, 0.3) is 40.5 Å². The average molecular weight is 1030 g/mol. The van der Waals surface area contributed by atoms with Crippen molar-refractivity contribution in [1.29, 1.82) is 0 Å². The number of carbonyl (C=O) groups excluding carboxylic acids is 1. The lowest BCUT2D eigenvalue weighted by atomic mass is 9.75. The molecule has 2 atom stereocenters. The topological polar surface area (TPSA) is 241 Å². The molecule has 69 heavy (non-hydrogen) atoms. The summed E-state index contributed by atoms with van der Waals surface area (Å²) >= 11 is 0. The Balaban J connectivity index is 1.48. The van der Waals surface area contributed by atoms with Gasteiger partial charge in [-0.25, -0.2) is 0 Å². The quantitative estimate of drug-likeness (QED) is 0.0470. The van der Waals surface area contributed by atoms with Crippen LogP contribution in [0.2, 0.25) is 0 Å². The minimum Gasteiger partial charge on any atom is -0.347 e. The van der Waals surface area contributed by atoms with Crippen molar-refractivity contribution >= 4 is 68.9 Å². The summed E-state index contributed by atoms with van der Waals surface area (Å²) in [5.74, 6) is -0.785. The van der Waals surface area contributed by atoms with Crippen LogP contribution in [-0.4, -0.2) is 93.6 Å². The number of nitrogens with zero attached hydrogens (tertiary/aromatic N) is 2. The zero-order chi connectivity index (χ0) is 50.9.